The van der Waals surface area contributed by atoms with Crippen molar-refractivity contribution in [1.82, 2.24) is 9.88 Å². The van der Waals surface area contributed by atoms with Crippen LogP contribution in [0.1, 0.15) is 24.4 Å². The van der Waals surface area contributed by atoms with Crippen LogP contribution in [-0.4, -0.2) is 23.5 Å². The maximum Gasteiger partial charge on any atom is 0.151 e. The number of aromatic nitrogens is 1. The van der Waals surface area contributed by atoms with Crippen LogP contribution in [0.5, 0.6) is 0 Å². The summed E-state index contributed by atoms with van der Waals surface area (Å²) < 4.78 is 0. The molecule has 1 aliphatic rings. The Labute approximate surface area is 88.9 Å². The Balaban J connectivity index is 2.28. The first kappa shape index (κ1) is 9.74. The van der Waals surface area contributed by atoms with E-state index in [2.05, 4.69) is 16.9 Å². The van der Waals surface area contributed by atoms with Crippen LogP contribution in [0.25, 0.3) is 0 Å². The van der Waals surface area contributed by atoms with E-state index in [1.54, 1.807) is 0 Å². The van der Waals surface area contributed by atoms with Gasteiger partial charge in [0.2, 0.25) is 0 Å². The Bertz CT molecular complexity index is 340. The Morgan fingerprint density at radius 1 is 1.64 bits per heavy atom. The van der Waals surface area contributed by atoms with Crippen molar-refractivity contribution in [3.63, 3.8) is 0 Å². The number of hydrogen-bond donors (Lipinski definition) is 1. The number of nitrogens with zero attached hydrogens (tertiary/aromatic N) is 2. The molecule has 2 rings (SSSR count). The van der Waals surface area contributed by atoms with E-state index in [-0.39, 0.29) is 0 Å². The van der Waals surface area contributed by atoms with Crippen molar-refractivity contribution in [3.05, 3.63) is 23.0 Å². The zero-order valence-corrected chi connectivity index (χ0v) is 8.96. The van der Waals surface area contributed by atoms with Crippen LogP contribution in [0.2, 0.25) is 5.15 Å². The maximum absolute atomic E-state index is 5.77. The molecule has 1 fully saturated rings. The van der Waals surface area contributed by atoms with Gasteiger partial charge in [0, 0.05) is 12.2 Å². The summed E-state index contributed by atoms with van der Waals surface area (Å²) in [6.45, 7) is 1.15. The highest BCUT2D eigenvalue weighted by Gasteiger charge is 2.23. The lowest BCUT2D eigenvalue weighted by molar-refractivity contribution is 0.317. The predicted octanol–water partition coefficient (Wildman–Crippen LogP) is 2.08. The Morgan fingerprint density at radius 2 is 2.43 bits per heavy atom. The molecule has 0 radical (unpaired) electrons. The van der Waals surface area contributed by atoms with Gasteiger partial charge in [-0.3, -0.25) is 4.90 Å². The lowest BCUT2D eigenvalue weighted by Gasteiger charge is -2.19. The fourth-order valence-electron chi connectivity index (χ4n) is 2.00. The van der Waals surface area contributed by atoms with Gasteiger partial charge in [0.1, 0.15) is 0 Å². The first-order valence-electron chi connectivity index (χ1n) is 4.79. The molecule has 2 N–H and O–H groups in total. The molecule has 0 saturated carbocycles. The summed E-state index contributed by atoms with van der Waals surface area (Å²) in [4.78, 5) is 6.40. The number of pyridine rings is 1. The number of likely N-dealkylation sites (tertiary alicyclic amines) is 1. The molecule has 0 spiro atoms. The van der Waals surface area contributed by atoms with Crippen LogP contribution in [0, 0.1) is 0 Å². The molecule has 1 aromatic heterocycles. The number of anilines is 1. The monoisotopic (exact) mass is 211 g/mol. The average molecular weight is 212 g/mol. The Morgan fingerprint density at radius 3 is 3.00 bits per heavy atom. The van der Waals surface area contributed by atoms with Gasteiger partial charge in [0.15, 0.2) is 5.15 Å². The van der Waals surface area contributed by atoms with E-state index in [9.17, 15) is 0 Å². The third kappa shape index (κ3) is 1.70. The molecule has 4 heteroatoms. The standard InChI is InChI=1S/C10H14ClN3/c1-14-4-2-3-9(14)7-5-8(12)10(11)13-6-7/h5-6,9H,2-4,12H2,1H3. The zero-order chi connectivity index (χ0) is 10.1. The quantitative estimate of drug-likeness (QED) is 0.724. The van der Waals surface area contributed by atoms with Crippen molar-refractivity contribution in [3.8, 4) is 0 Å². The van der Waals surface area contributed by atoms with Crippen LogP contribution >= 0.6 is 11.6 Å². The summed E-state index contributed by atoms with van der Waals surface area (Å²) in [5.74, 6) is 0. The van der Waals surface area contributed by atoms with Crippen molar-refractivity contribution in [2.75, 3.05) is 19.3 Å². The van der Waals surface area contributed by atoms with Crippen molar-refractivity contribution < 1.29 is 0 Å². The number of nitrogens with two attached hydrogens (primary N) is 1. The lowest BCUT2D eigenvalue weighted by atomic mass is 10.1. The zero-order valence-electron chi connectivity index (χ0n) is 8.20. The second kappa shape index (κ2) is 3.75. The van der Waals surface area contributed by atoms with Crippen molar-refractivity contribution in [1.29, 1.82) is 0 Å². The highest BCUT2D eigenvalue weighted by Crippen LogP contribution is 2.31. The topological polar surface area (TPSA) is 42.2 Å². The van der Waals surface area contributed by atoms with Crippen LogP contribution < -0.4 is 5.73 Å². The second-order valence-corrected chi connectivity index (χ2v) is 4.15. The molecule has 1 atom stereocenters. The van der Waals surface area contributed by atoms with E-state index in [1.807, 2.05) is 12.3 Å². The summed E-state index contributed by atoms with van der Waals surface area (Å²) in [5.41, 5.74) is 7.47. The van der Waals surface area contributed by atoms with E-state index in [0.717, 1.165) is 6.54 Å². The molecule has 1 aromatic rings. The minimum Gasteiger partial charge on any atom is -0.396 e. The second-order valence-electron chi connectivity index (χ2n) is 3.79. The smallest absolute Gasteiger partial charge is 0.151 e. The SMILES string of the molecule is CN1CCCC1c1cnc(Cl)c(N)c1. The number of nitrogen functional groups attached to an aromatic ring is 1. The van der Waals surface area contributed by atoms with Crippen molar-refractivity contribution >= 4 is 17.3 Å². The third-order valence-electron chi connectivity index (χ3n) is 2.79. The molecule has 1 saturated heterocycles. The van der Waals surface area contributed by atoms with Crippen LogP contribution in [0.4, 0.5) is 5.69 Å². The maximum atomic E-state index is 5.77. The minimum absolute atomic E-state index is 0.398. The van der Waals surface area contributed by atoms with Gasteiger partial charge in [-0.1, -0.05) is 11.6 Å². The molecular formula is C10H14ClN3. The predicted molar refractivity (Wildman–Crippen MR) is 58.3 cm³/mol. The normalized spacial score (nSPS) is 22.9. The molecule has 0 aliphatic carbocycles. The summed E-state index contributed by atoms with van der Waals surface area (Å²) >= 11 is 5.77. The summed E-state index contributed by atoms with van der Waals surface area (Å²) in [6, 6.07) is 2.39. The van der Waals surface area contributed by atoms with Gasteiger partial charge in [0.25, 0.3) is 0 Å². The molecule has 1 aliphatic heterocycles. The van der Waals surface area contributed by atoms with E-state index < -0.39 is 0 Å². The first-order valence-corrected chi connectivity index (χ1v) is 5.17. The van der Waals surface area contributed by atoms with Gasteiger partial charge >= 0.3 is 0 Å². The molecule has 0 aromatic carbocycles. The lowest BCUT2D eigenvalue weighted by Crippen LogP contribution is -2.17. The van der Waals surface area contributed by atoms with Crippen LogP contribution in [0.3, 0.4) is 0 Å². The Kier molecular flexibility index (Phi) is 2.61. The number of halogens is 1. The van der Waals surface area contributed by atoms with Crippen LogP contribution in [-0.2, 0) is 0 Å². The largest absolute Gasteiger partial charge is 0.396 e. The Hall–Kier alpha value is -0.800. The van der Waals surface area contributed by atoms with E-state index in [0.29, 0.717) is 16.9 Å². The fraction of sp³-hybridized carbons (Fsp3) is 0.500. The average Bonchev–Trinajstić information content (AvgIpc) is 2.57. The van der Waals surface area contributed by atoms with Gasteiger partial charge in [-0.15, -0.1) is 0 Å². The van der Waals surface area contributed by atoms with Gasteiger partial charge in [-0.05, 0) is 38.1 Å². The van der Waals surface area contributed by atoms with Crippen molar-refractivity contribution in [2.45, 2.75) is 18.9 Å². The third-order valence-corrected chi connectivity index (χ3v) is 3.11. The summed E-state index contributed by atoms with van der Waals surface area (Å²) in [5, 5.41) is 0.398. The van der Waals surface area contributed by atoms with Gasteiger partial charge in [-0.2, -0.15) is 0 Å². The minimum atomic E-state index is 0.398. The van der Waals surface area contributed by atoms with Gasteiger partial charge in [-0.25, -0.2) is 4.98 Å². The molecule has 3 nitrogen and oxygen atoms in total. The number of rotatable bonds is 1. The molecule has 2 heterocycles. The van der Waals surface area contributed by atoms with Crippen molar-refractivity contribution in [2.24, 2.45) is 0 Å². The highest BCUT2D eigenvalue weighted by molar-refractivity contribution is 6.31. The van der Waals surface area contributed by atoms with E-state index in [4.69, 9.17) is 17.3 Å². The molecule has 1 unspecified atom stereocenters. The summed E-state index contributed by atoms with van der Waals surface area (Å²) in [7, 11) is 2.13. The molecular weight excluding hydrogens is 198 g/mol. The molecule has 0 amide bonds. The highest BCUT2D eigenvalue weighted by atomic mass is 35.5. The molecule has 14 heavy (non-hydrogen) atoms. The summed E-state index contributed by atoms with van der Waals surface area (Å²) in [6.07, 6.45) is 4.24. The van der Waals surface area contributed by atoms with Gasteiger partial charge in [0.05, 0.1) is 5.69 Å². The first-order chi connectivity index (χ1) is 6.68. The number of hydrogen-bond acceptors (Lipinski definition) is 3. The van der Waals surface area contributed by atoms with Gasteiger partial charge < -0.3 is 5.73 Å². The van der Waals surface area contributed by atoms with E-state index in [1.165, 1.54) is 18.4 Å². The molecule has 0 bridgehead atoms. The molecule has 76 valence electrons. The van der Waals surface area contributed by atoms with Crippen LogP contribution in [0.15, 0.2) is 12.3 Å². The fourth-order valence-corrected chi connectivity index (χ4v) is 2.10. The van der Waals surface area contributed by atoms with E-state index >= 15 is 0 Å².